The summed E-state index contributed by atoms with van der Waals surface area (Å²) in [6.07, 6.45) is 0. The number of aryl methyl sites for hydroxylation is 1. The Labute approximate surface area is 138 Å². The highest BCUT2D eigenvalue weighted by Crippen LogP contribution is 2.17. The molecule has 0 saturated heterocycles. The maximum Gasteiger partial charge on any atom is 0.243 e. The first-order valence-electron chi connectivity index (χ1n) is 7.55. The summed E-state index contributed by atoms with van der Waals surface area (Å²) in [4.78, 5) is 4.69. The third-order valence-electron chi connectivity index (χ3n) is 3.69. The number of sulfonamides is 1. The van der Waals surface area contributed by atoms with Crippen molar-refractivity contribution in [2.45, 2.75) is 38.3 Å². The highest BCUT2D eigenvalue weighted by Gasteiger charge is 2.22. The van der Waals surface area contributed by atoms with E-state index >= 15 is 0 Å². The van der Waals surface area contributed by atoms with E-state index in [1.165, 1.54) is 4.31 Å². The zero-order valence-electron chi connectivity index (χ0n) is 13.9. The number of benzene rings is 1. The molecule has 0 saturated carbocycles. The van der Waals surface area contributed by atoms with Crippen molar-refractivity contribution in [1.82, 2.24) is 9.29 Å². The van der Waals surface area contributed by atoms with Crippen molar-refractivity contribution in [2.75, 3.05) is 12.4 Å². The Morgan fingerprint density at radius 1 is 1.13 bits per heavy atom. The number of aromatic nitrogens is 1. The van der Waals surface area contributed by atoms with Crippen LogP contribution in [0, 0.1) is 6.92 Å². The first-order valence-corrected chi connectivity index (χ1v) is 8.99. The van der Waals surface area contributed by atoms with Crippen LogP contribution >= 0.6 is 0 Å². The minimum absolute atomic E-state index is 0.0752. The molecule has 0 bridgehead atoms. The van der Waals surface area contributed by atoms with Crippen LogP contribution in [0.4, 0.5) is 5.82 Å². The Kier molecular flexibility index (Phi) is 5.38. The molecule has 6 heteroatoms. The van der Waals surface area contributed by atoms with E-state index < -0.39 is 10.0 Å². The van der Waals surface area contributed by atoms with Crippen molar-refractivity contribution >= 4 is 15.8 Å². The lowest BCUT2D eigenvalue weighted by Gasteiger charge is -2.21. The van der Waals surface area contributed by atoms with Crippen LogP contribution in [0.3, 0.4) is 0 Å². The van der Waals surface area contributed by atoms with Crippen molar-refractivity contribution in [1.29, 1.82) is 0 Å². The van der Waals surface area contributed by atoms with E-state index in [1.807, 2.05) is 51.1 Å². The van der Waals surface area contributed by atoms with Gasteiger partial charge in [0.25, 0.3) is 0 Å². The van der Waals surface area contributed by atoms with Crippen molar-refractivity contribution < 1.29 is 8.42 Å². The molecule has 1 aromatic carbocycles. The predicted molar refractivity (Wildman–Crippen MR) is 92.8 cm³/mol. The predicted octanol–water partition coefficient (Wildman–Crippen LogP) is 3.03. The molecule has 0 atom stereocenters. The van der Waals surface area contributed by atoms with E-state index in [1.54, 1.807) is 19.2 Å². The largest absolute Gasteiger partial charge is 0.366 e. The van der Waals surface area contributed by atoms with Gasteiger partial charge in [-0.3, -0.25) is 0 Å². The maximum absolute atomic E-state index is 12.4. The van der Waals surface area contributed by atoms with Crippen LogP contribution in [-0.2, 0) is 16.6 Å². The second-order valence-corrected chi connectivity index (χ2v) is 7.77. The molecular formula is C17H23N3O2S. The van der Waals surface area contributed by atoms with E-state index in [0.717, 1.165) is 17.1 Å². The third kappa shape index (κ3) is 4.30. The van der Waals surface area contributed by atoms with Crippen LogP contribution in [0.25, 0.3) is 0 Å². The number of hydrogen-bond acceptors (Lipinski definition) is 4. The summed E-state index contributed by atoms with van der Waals surface area (Å²) in [5.74, 6) is 0.807. The SMILES string of the molecule is Cc1cccc(NCc2ccc(S(=O)(=O)N(C)C(C)C)cc2)n1. The minimum Gasteiger partial charge on any atom is -0.366 e. The van der Waals surface area contributed by atoms with Gasteiger partial charge in [-0.1, -0.05) is 18.2 Å². The molecule has 23 heavy (non-hydrogen) atoms. The van der Waals surface area contributed by atoms with Crippen molar-refractivity contribution in [3.63, 3.8) is 0 Å². The molecule has 0 aliphatic heterocycles. The van der Waals surface area contributed by atoms with Gasteiger partial charge < -0.3 is 5.32 Å². The Morgan fingerprint density at radius 3 is 2.35 bits per heavy atom. The van der Waals surface area contributed by atoms with E-state index in [0.29, 0.717) is 11.4 Å². The zero-order valence-corrected chi connectivity index (χ0v) is 14.8. The number of rotatable bonds is 6. The molecule has 2 rings (SSSR count). The standard InChI is InChI=1S/C17H23N3O2S/c1-13(2)20(4)23(21,22)16-10-8-15(9-11-16)12-18-17-7-5-6-14(3)19-17/h5-11,13H,12H2,1-4H3,(H,18,19). The maximum atomic E-state index is 12.4. The third-order valence-corrected chi connectivity index (χ3v) is 5.74. The van der Waals surface area contributed by atoms with Crippen molar-refractivity contribution in [3.05, 3.63) is 53.7 Å². The lowest BCUT2D eigenvalue weighted by Crippen LogP contribution is -2.33. The van der Waals surface area contributed by atoms with Gasteiger partial charge in [-0.05, 0) is 50.6 Å². The quantitative estimate of drug-likeness (QED) is 0.882. The molecule has 124 valence electrons. The molecule has 0 aliphatic carbocycles. The van der Waals surface area contributed by atoms with E-state index in [2.05, 4.69) is 10.3 Å². The summed E-state index contributed by atoms with van der Waals surface area (Å²) in [5, 5.41) is 3.23. The van der Waals surface area contributed by atoms with Gasteiger partial charge in [-0.2, -0.15) is 4.31 Å². The highest BCUT2D eigenvalue weighted by molar-refractivity contribution is 7.89. The van der Waals surface area contributed by atoms with Crippen LogP contribution in [0.5, 0.6) is 0 Å². The fourth-order valence-electron chi connectivity index (χ4n) is 2.06. The molecule has 0 spiro atoms. The molecule has 0 aliphatic rings. The first-order chi connectivity index (χ1) is 10.8. The summed E-state index contributed by atoms with van der Waals surface area (Å²) in [6, 6.07) is 12.7. The number of hydrogen-bond donors (Lipinski definition) is 1. The van der Waals surface area contributed by atoms with Crippen molar-refractivity contribution in [2.24, 2.45) is 0 Å². The fourth-order valence-corrected chi connectivity index (χ4v) is 3.42. The second-order valence-electron chi connectivity index (χ2n) is 5.78. The van der Waals surface area contributed by atoms with Crippen LogP contribution in [0.15, 0.2) is 47.4 Å². The van der Waals surface area contributed by atoms with Crippen LogP contribution in [0.1, 0.15) is 25.1 Å². The van der Waals surface area contributed by atoms with Crippen LogP contribution in [-0.4, -0.2) is 30.8 Å². The Hall–Kier alpha value is -1.92. The molecule has 0 fully saturated rings. The molecule has 0 radical (unpaired) electrons. The number of nitrogens with one attached hydrogen (secondary N) is 1. The summed E-state index contributed by atoms with van der Waals surface area (Å²) in [6.45, 7) is 6.24. The topological polar surface area (TPSA) is 62.3 Å². The van der Waals surface area contributed by atoms with Gasteiger partial charge in [-0.25, -0.2) is 13.4 Å². The van der Waals surface area contributed by atoms with Gasteiger partial charge in [0.15, 0.2) is 0 Å². The molecule has 1 heterocycles. The fraction of sp³-hybridized carbons (Fsp3) is 0.353. The van der Waals surface area contributed by atoms with E-state index in [-0.39, 0.29) is 6.04 Å². The van der Waals surface area contributed by atoms with Gasteiger partial charge >= 0.3 is 0 Å². The normalized spacial score (nSPS) is 11.9. The van der Waals surface area contributed by atoms with Crippen LogP contribution in [0.2, 0.25) is 0 Å². The molecule has 0 unspecified atom stereocenters. The molecule has 1 aromatic heterocycles. The molecule has 0 amide bonds. The average Bonchev–Trinajstić information content (AvgIpc) is 2.52. The number of anilines is 1. The monoisotopic (exact) mass is 333 g/mol. The van der Waals surface area contributed by atoms with Crippen LogP contribution < -0.4 is 5.32 Å². The van der Waals surface area contributed by atoms with Gasteiger partial charge in [0.05, 0.1) is 4.90 Å². The average molecular weight is 333 g/mol. The van der Waals surface area contributed by atoms with Gasteiger partial charge in [0, 0.05) is 25.3 Å². The second kappa shape index (κ2) is 7.10. The van der Waals surface area contributed by atoms with E-state index in [9.17, 15) is 8.42 Å². The molecule has 2 aromatic rings. The molecular weight excluding hydrogens is 310 g/mol. The summed E-state index contributed by atoms with van der Waals surface area (Å²) >= 11 is 0. The van der Waals surface area contributed by atoms with E-state index in [4.69, 9.17) is 0 Å². The summed E-state index contributed by atoms with van der Waals surface area (Å²) in [5.41, 5.74) is 1.95. The lowest BCUT2D eigenvalue weighted by molar-refractivity contribution is 0.410. The van der Waals surface area contributed by atoms with Crippen molar-refractivity contribution in [3.8, 4) is 0 Å². The summed E-state index contributed by atoms with van der Waals surface area (Å²) in [7, 11) is -1.83. The number of pyridine rings is 1. The van der Waals surface area contributed by atoms with Gasteiger partial charge in [0.1, 0.15) is 5.82 Å². The lowest BCUT2D eigenvalue weighted by atomic mass is 10.2. The smallest absolute Gasteiger partial charge is 0.243 e. The first kappa shape index (κ1) is 17.4. The molecule has 1 N–H and O–H groups in total. The van der Waals surface area contributed by atoms with Gasteiger partial charge in [-0.15, -0.1) is 0 Å². The number of nitrogens with zero attached hydrogens (tertiary/aromatic N) is 2. The Bertz CT molecular complexity index is 756. The minimum atomic E-state index is -3.43. The highest BCUT2D eigenvalue weighted by atomic mass is 32.2. The molecule has 5 nitrogen and oxygen atoms in total. The Morgan fingerprint density at radius 2 is 1.78 bits per heavy atom. The zero-order chi connectivity index (χ0) is 17.0. The van der Waals surface area contributed by atoms with Gasteiger partial charge in [0.2, 0.25) is 10.0 Å². The Balaban J connectivity index is 2.08. The summed E-state index contributed by atoms with van der Waals surface area (Å²) < 4.78 is 26.2.